The van der Waals surface area contributed by atoms with Gasteiger partial charge in [0, 0.05) is 9.40 Å². The number of nitrogens with one attached hydrogen (secondary N) is 2. The van der Waals surface area contributed by atoms with Gasteiger partial charge in [-0.1, -0.05) is 6.42 Å². The van der Waals surface area contributed by atoms with Gasteiger partial charge in [-0.25, -0.2) is 4.98 Å². The van der Waals surface area contributed by atoms with Gasteiger partial charge >= 0.3 is 0 Å². The minimum absolute atomic E-state index is 0. The second-order valence-electron chi connectivity index (χ2n) is 4.91. The van der Waals surface area contributed by atoms with Crippen molar-refractivity contribution in [2.75, 3.05) is 18.5 Å². The quantitative estimate of drug-likeness (QED) is 0.856. The lowest BCUT2D eigenvalue weighted by Crippen LogP contribution is -2.28. The van der Waals surface area contributed by atoms with E-state index in [4.69, 9.17) is 4.74 Å². The fourth-order valence-electron chi connectivity index (χ4n) is 2.20. The number of pyridine rings is 1. The van der Waals surface area contributed by atoms with Crippen molar-refractivity contribution in [2.24, 2.45) is 5.92 Å². The zero-order valence-corrected chi connectivity index (χ0v) is 10.2. The first-order valence-electron chi connectivity index (χ1n) is 6.44. The van der Waals surface area contributed by atoms with E-state index in [1.165, 1.54) is 19.3 Å². The van der Waals surface area contributed by atoms with Crippen LogP contribution in [-0.4, -0.2) is 24.0 Å². The molecule has 1 aromatic rings. The van der Waals surface area contributed by atoms with Crippen LogP contribution >= 0.6 is 0 Å². The molecule has 0 unspecified atom stereocenters. The maximum absolute atomic E-state index is 11.2. The summed E-state index contributed by atoms with van der Waals surface area (Å²) in [5.74, 6) is 1.88. The topological polar surface area (TPSA) is 63.2 Å². The predicted molar refractivity (Wildman–Crippen MR) is 71.6 cm³/mol. The molecule has 1 amide bonds. The van der Waals surface area contributed by atoms with Crippen molar-refractivity contribution in [1.29, 1.82) is 0 Å². The number of carbonyl (C=O) groups is 1. The molecule has 5 heteroatoms. The Bertz CT molecular complexity index is 467. The standard InChI is InChI=1S/C13H17N3O2.2H2/c17-12-8-18-11-5-4-10(15-13(11)16-12)7-14-6-9-2-1-3-9;;/h4-5,9,14H,1-3,6-8H2,(H,15,16,17);2*1H. The Hall–Kier alpha value is -1.62. The molecular formula is C13H21N3O2. The highest BCUT2D eigenvalue weighted by atomic mass is 16.5. The van der Waals surface area contributed by atoms with Crippen molar-refractivity contribution < 1.29 is 12.4 Å². The van der Waals surface area contributed by atoms with E-state index in [1.807, 2.05) is 12.1 Å². The number of hydrogen-bond donors (Lipinski definition) is 2. The molecule has 18 heavy (non-hydrogen) atoms. The van der Waals surface area contributed by atoms with Crippen molar-refractivity contribution in [1.82, 2.24) is 10.3 Å². The lowest BCUT2D eigenvalue weighted by molar-refractivity contribution is -0.118. The molecule has 1 aromatic heterocycles. The summed E-state index contributed by atoms with van der Waals surface area (Å²) in [6.07, 6.45) is 4.05. The molecule has 2 heterocycles. The second kappa shape index (κ2) is 4.94. The van der Waals surface area contributed by atoms with Crippen LogP contribution in [0.25, 0.3) is 0 Å². The minimum Gasteiger partial charge on any atom is -0.480 e. The molecule has 1 aliphatic heterocycles. The van der Waals surface area contributed by atoms with Crippen LogP contribution in [0, 0.1) is 5.92 Å². The lowest BCUT2D eigenvalue weighted by Gasteiger charge is -2.25. The number of hydrogen-bond acceptors (Lipinski definition) is 4. The van der Waals surface area contributed by atoms with Gasteiger partial charge in [0.05, 0.1) is 5.69 Å². The Morgan fingerprint density at radius 3 is 3.17 bits per heavy atom. The van der Waals surface area contributed by atoms with E-state index >= 15 is 0 Å². The fourth-order valence-corrected chi connectivity index (χ4v) is 2.20. The van der Waals surface area contributed by atoms with E-state index in [0.717, 1.165) is 24.7 Å². The third-order valence-electron chi connectivity index (χ3n) is 3.50. The average Bonchev–Trinajstić information content (AvgIpc) is 2.32. The molecule has 0 bridgehead atoms. The van der Waals surface area contributed by atoms with E-state index in [1.54, 1.807) is 0 Å². The van der Waals surface area contributed by atoms with E-state index < -0.39 is 0 Å². The Balaban J connectivity index is 0.000001000. The van der Waals surface area contributed by atoms with Gasteiger partial charge < -0.3 is 15.4 Å². The summed E-state index contributed by atoms with van der Waals surface area (Å²) in [5.41, 5.74) is 0.930. The number of anilines is 1. The third-order valence-corrected chi connectivity index (χ3v) is 3.50. The minimum atomic E-state index is -0.144. The van der Waals surface area contributed by atoms with Crippen LogP contribution in [0.5, 0.6) is 5.75 Å². The first-order valence-corrected chi connectivity index (χ1v) is 6.44. The number of rotatable bonds is 4. The van der Waals surface area contributed by atoms with Crippen LogP contribution in [0.2, 0.25) is 0 Å². The molecule has 0 atom stereocenters. The van der Waals surface area contributed by atoms with Crippen LogP contribution in [0.3, 0.4) is 0 Å². The molecule has 100 valence electrons. The number of amides is 1. The Kier molecular flexibility index (Phi) is 3.15. The summed E-state index contributed by atoms with van der Waals surface area (Å²) < 4.78 is 5.26. The van der Waals surface area contributed by atoms with E-state index in [9.17, 15) is 4.79 Å². The summed E-state index contributed by atoms with van der Waals surface area (Å²) in [5, 5.41) is 6.12. The van der Waals surface area contributed by atoms with Crippen molar-refractivity contribution in [2.45, 2.75) is 25.8 Å². The highest BCUT2D eigenvalue weighted by molar-refractivity contribution is 5.94. The van der Waals surface area contributed by atoms with Crippen LogP contribution in [-0.2, 0) is 11.3 Å². The summed E-state index contributed by atoms with van der Waals surface area (Å²) in [6, 6.07) is 3.80. The number of ether oxygens (including phenoxy) is 1. The second-order valence-corrected chi connectivity index (χ2v) is 4.91. The van der Waals surface area contributed by atoms with Gasteiger partial charge in [0.2, 0.25) is 0 Å². The van der Waals surface area contributed by atoms with Crippen LogP contribution in [0.1, 0.15) is 27.8 Å². The largest absolute Gasteiger partial charge is 0.480 e. The lowest BCUT2D eigenvalue weighted by atomic mass is 9.85. The predicted octanol–water partition coefficient (Wildman–Crippen LogP) is 1.79. The van der Waals surface area contributed by atoms with Crippen LogP contribution in [0.15, 0.2) is 12.1 Å². The molecule has 1 saturated carbocycles. The monoisotopic (exact) mass is 251 g/mol. The Morgan fingerprint density at radius 2 is 2.39 bits per heavy atom. The first-order chi connectivity index (χ1) is 8.81. The summed E-state index contributed by atoms with van der Waals surface area (Å²) >= 11 is 0. The van der Waals surface area contributed by atoms with Crippen molar-refractivity contribution >= 4 is 11.7 Å². The smallest absolute Gasteiger partial charge is 0.263 e. The average molecular weight is 251 g/mol. The highest BCUT2D eigenvalue weighted by Crippen LogP contribution is 2.26. The molecule has 1 fully saturated rings. The van der Waals surface area contributed by atoms with Crippen molar-refractivity contribution in [3.63, 3.8) is 0 Å². The molecule has 0 saturated heterocycles. The molecule has 2 aliphatic rings. The van der Waals surface area contributed by atoms with Crippen molar-refractivity contribution in [3.8, 4) is 5.75 Å². The summed E-state index contributed by atoms with van der Waals surface area (Å²) in [6.45, 7) is 1.87. The van der Waals surface area contributed by atoms with Gasteiger partial charge in [0.1, 0.15) is 0 Å². The normalized spacial score (nSPS) is 18.6. The van der Waals surface area contributed by atoms with E-state index in [2.05, 4.69) is 15.6 Å². The molecule has 1 aliphatic carbocycles. The van der Waals surface area contributed by atoms with E-state index in [0.29, 0.717) is 11.6 Å². The number of carbonyl (C=O) groups excluding carboxylic acids is 1. The molecule has 0 spiro atoms. The molecular weight excluding hydrogens is 230 g/mol. The summed E-state index contributed by atoms with van der Waals surface area (Å²) in [7, 11) is 0. The van der Waals surface area contributed by atoms with E-state index in [-0.39, 0.29) is 15.4 Å². The highest BCUT2D eigenvalue weighted by Gasteiger charge is 2.18. The Morgan fingerprint density at radius 1 is 1.50 bits per heavy atom. The maximum Gasteiger partial charge on any atom is 0.263 e. The van der Waals surface area contributed by atoms with Gasteiger partial charge in [-0.05, 0) is 37.4 Å². The zero-order chi connectivity index (χ0) is 12.4. The van der Waals surface area contributed by atoms with Crippen LogP contribution < -0.4 is 15.4 Å². The Labute approximate surface area is 109 Å². The van der Waals surface area contributed by atoms with Gasteiger partial charge in [-0.3, -0.25) is 4.79 Å². The summed E-state index contributed by atoms with van der Waals surface area (Å²) in [4.78, 5) is 15.6. The van der Waals surface area contributed by atoms with Crippen LogP contribution in [0.4, 0.5) is 5.82 Å². The third kappa shape index (κ3) is 2.46. The van der Waals surface area contributed by atoms with Gasteiger partial charge in [0.15, 0.2) is 18.2 Å². The number of aromatic nitrogens is 1. The number of fused-ring (bicyclic) bond motifs is 1. The number of nitrogens with zero attached hydrogens (tertiary/aromatic N) is 1. The first kappa shape index (κ1) is 11.5. The SMILES string of the molecule is O=C1COc2ccc(CNCC3CCC3)nc2N1.[HH].[HH]. The maximum atomic E-state index is 11.2. The molecule has 3 rings (SSSR count). The van der Waals surface area contributed by atoms with Gasteiger partial charge in [-0.15, -0.1) is 0 Å². The fraction of sp³-hybridized carbons (Fsp3) is 0.538. The van der Waals surface area contributed by atoms with Gasteiger partial charge in [0.25, 0.3) is 5.91 Å². The molecule has 5 nitrogen and oxygen atoms in total. The van der Waals surface area contributed by atoms with Gasteiger partial charge in [-0.2, -0.15) is 0 Å². The molecule has 2 N–H and O–H groups in total. The van der Waals surface area contributed by atoms with Crippen molar-refractivity contribution in [3.05, 3.63) is 17.8 Å². The molecule has 0 aromatic carbocycles. The zero-order valence-electron chi connectivity index (χ0n) is 10.2. The molecule has 0 radical (unpaired) electrons.